The molecule has 3 aliphatic rings. The zero-order valence-electron chi connectivity index (χ0n) is 11.0. The molecule has 0 heteroatoms. The lowest BCUT2D eigenvalue weighted by atomic mass is 9.70. The number of hydrogen-bond donors (Lipinski definition) is 0. The molecule has 0 spiro atoms. The van der Waals surface area contributed by atoms with E-state index in [1.54, 1.807) is 44.9 Å². The fourth-order valence-electron chi connectivity index (χ4n) is 5.02. The van der Waals surface area contributed by atoms with E-state index in [4.69, 9.17) is 0 Å². The number of fused-ring (bicyclic) bond motifs is 2. The van der Waals surface area contributed by atoms with Crippen LogP contribution in [0.1, 0.15) is 71.1 Å². The molecule has 92 valence electrons. The zero-order chi connectivity index (χ0) is 11.0. The molecule has 0 aromatic heterocycles. The topological polar surface area (TPSA) is 0 Å². The van der Waals surface area contributed by atoms with Crippen LogP contribution in [0.3, 0.4) is 0 Å². The van der Waals surface area contributed by atoms with Gasteiger partial charge < -0.3 is 0 Å². The molecule has 3 rings (SSSR count). The molecule has 0 amide bonds. The van der Waals surface area contributed by atoms with Gasteiger partial charge in [0, 0.05) is 0 Å². The maximum Gasteiger partial charge on any atom is -0.0383 e. The van der Waals surface area contributed by atoms with Gasteiger partial charge in [-0.15, -0.1) is 0 Å². The molecule has 0 bridgehead atoms. The molecule has 0 aromatic rings. The summed E-state index contributed by atoms with van der Waals surface area (Å²) in [6, 6.07) is 0. The van der Waals surface area contributed by atoms with Gasteiger partial charge in [-0.2, -0.15) is 0 Å². The van der Waals surface area contributed by atoms with Crippen molar-refractivity contribution in [2.24, 2.45) is 29.6 Å². The number of hydrogen-bond acceptors (Lipinski definition) is 0. The van der Waals surface area contributed by atoms with Gasteiger partial charge in [-0.25, -0.2) is 0 Å². The second-order valence-electron chi connectivity index (χ2n) is 7.06. The van der Waals surface area contributed by atoms with Crippen LogP contribution in [0.2, 0.25) is 0 Å². The molecular weight excluding hydrogens is 192 g/mol. The molecule has 0 N–H and O–H groups in total. The maximum atomic E-state index is 2.48. The Labute approximate surface area is 101 Å². The van der Waals surface area contributed by atoms with Crippen molar-refractivity contribution in [1.29, 1.82) is 0 Å². The Kier molecular flexibility index (Phi) is 3.27. The highest BCUT2D eigenvalue weighted by molar-refractivity contribution is 4.88. The smallest absolute Gasteiger partial charge is 0.0383 e. The fourth-order valence-corrected chi connectivity index (χ4v) is 5.02. The minimum absolute atomic E-state index is 1.03. The van der Waals surface area contributed by atoms with Crippen LogP contribution in [0, 0.1) is 29.6 Å². The monoisotopic (exact) mass is 220 g/mol. The largest absolute Gasteiger partial charge is 0.0625 e. The van der Waals surface area contributed by atoms with E-state index in [9.17, 15) is 0 Å². The van der Waals surface area contributed by atoms with Gasteiger partial charge in [-0.3, -0.25) is 0 Å². The summed E-state index contributed by atoms with van der Waals surface area (Å²) in [5.41, 5.74) is 0. The molecule has 3 saturated carbocycles. The minimum atomic E-state index is 1.03. The van der Waals surface area contributed by atoms with Crippen LogP contribution in [0.4, 0.5) is 0 Å². The van der Waals surface area contributed by atoms with Crippen LogP contribution < -0.4 is 0 Å². The Morgan fingerprint density at radius 1 is 0.562 bits per heavy atom. The molecule has 0 heterocycles. The van der Waals surface area contributed by atoms with Crippen LogP contribution in [0.5, 0.6) is 0 Å². The summed E-state index contributed by atoms with van der Waals surface area (Å²) in [4.78, 5) is 0. The minimum Gasteiger partial charge on any atom is -0.0625 e. The predicted octanol–water partition coefficient (Wildman–Crippen LogP) is 5.03. The van der Waals surface area contributed by atoms with E-state index in [0.717, 1.165) is 29.6 Å². The van der Waals surface area contributed by atoms with Gasteiger partial charge >= 0.3 is 0 Å². The van der Waals surface area contributed by atoms with Gasteiger partial charge in [0.05, 0.1) is 0 Å². The lowest BCUT2D eigenvalue weighted by Crippen LogP contribution is -2.24. The van der Waals surface area contributed by atoms with Crippen molar-refractivity contribution in [3.8, 4) is 0 Å². The first kappa shape index (κ1) is 11.1. The second kappa shape index (κ2) is 4.70. The summed E-state index contributed by atoms with van der Waals surface area (Å²) < 4.78 is 0. The van der Waals surface area contributed by atoms with Crippen molar-refractivity contribution in [2.45, 2.75) is 71.1 Å². The van der Waals surface area contributed by atoms with Crippen LogP contribution >= 0.6 is 0 Å². The molecule has 0 nitrogen and oxygen atoms in total. The third-order valence-electron chi connectivity index (χ3n) is 5.98. The average Bonchev–Trinajstić information content (AvgIpc) is 2.48. The molecular formula is C16H28. The van der Waals surface area contributed by atoms with E-state index in [0.29, 0.717) is 0 Å². The predicted molar refractivity (Wildman–Crippen MR) is 69.3 cm³/mol. The Bertz CT molecular complexity index is 232. The summed E-state index contributed by atoms with van der Waals surface area (Å²) in [5, 5.41) is 0. The zero-order valence-corrected chi connectivity index (χ0v) is 11.0. The van der Waals surface area contributed by atoms with Gasteiger partial charge in [0.25, 0.3) is 0 Å². The standard InChI is InChI=1S/C16H28/c1-12-6-7-16-11-14-5-3-2-4-13(14)8-9-15(16)10-12/h12-16H,2-11H2,1H3/t12?,13?,14-,15?,16?/m0/s1. The van der Waals surface area contributed by atoms with Gasteiger partial charge in [-0.05, 0) is 61.7 Å². The SMILES string of the molecule is CC1CCC2C[C@@H]3CCCCC3CCC2C1. The quantitative estimate of drug-likeness (QED) is 0.537. The molecule has 0 aliphatic heterocycles. The van der Waals surface area contributed by atoms with Crippen LogP contribution in [-0.2, 0) is 0 Å². The van der Waals surface area contributed by atoms with E-state index in [-0.39, 0.29) is 0 Å². The molecule has 5 atom stereocenters. The molecule has 4 unspecified atom stereocenters. The lowest BCUT2D eigenvalue weighted by Gasteiger charge is -2.35. The van der Waals surface area contributed by atoms with E-state index < -0.39 is 0 Å². The lowest BCUT2D eigenvalue weighted by molar-refractivity contribution is 0.156. The summed E-state index contributed by atoms with van der Waals surface area (Å²) in [6.07, 6.45) is 15.6. The normalized spacial score (nSPS) is 48.9. The Balaban J connectivity index is 1.68. The van der Waals surface area contributed by atoms with E-state index in [1.807, 2.05) is 0 Å². The van der Waals surface area contributed by atoms with Gasteiger partial charge in [0.2, 0.25) is 0 Å². The Morgan fingerprint density at radius 3 is 2.00 bits per heavy atom. The molecule has 3 aliphatic carbocycles. The van der Waals surface area contributed by atoms with E-state index >= 15 is 0 Å². The average molecular weight is 220 g/mol. The first-order valence-electron chi connectivity index (χ1n) is 7.83. The molecule has 3 fully saturated rings. The highest BCUT2D eigenvalue weighted by Crippen LogP contribution is 2.48. The Morgan fingerprint density at radius 2 is 1.12 bits per heavy atom. The summed E-state index contributed by atoms with van der Waals surface area (Å²) in [6.45, 7) is 2.48. The third-order valence-corrected chi connectivity index (χ3v) is 5.98. The van der Waals surface area contributed by atoms with Gasteiger partial charge in [0.1, 0.15) is 0 Å². The van der Waals surface area contributed by atoms with Crippen LogP contribution in [0.15, 0.2) is 0 Å². The number of rotatable bonds is 0. The van der Waals surface area contributed by atoms with Gasteiger partial charge in [0.15, 0.2) is 0 Å². The van der Waals surface area contributed by atoms with Crippen molar-refractivity contribution in [3.05, 3.63) is 0 Å². The van der Waals surface area contributed by atoms with Gasteiger partial charge in [-0.1, -0.05) is 39.0 Å². The van der Waals surface area contributed by atoms with Crippen molar-refractivity contribution < 1.29 is 0 Å². The summed E-state index contributed by atoms with van der Waals surface area (Å²) in [7, 11) is 0. The third kappa shape index (κ3) is 2.17. The maximum absolute atomic E-state index is 2.48. The second-order valence-corrected chi connectivity index (χ2v) is 7.06. The van der Waals surface area contributed by atoms with E-state index in [2.05, 4.69) is 6.92 Å². The van der Waals surface area contributed by atoms with Crippen molar-refractivity contribution in [3.63, 3.8) is 0 Å². The van der Waals surface area contributed by atoms with E-state index in [1.165, 1.54) is 19.3 Å². The van der Waals surface area contributed by atoms with Crippen LogP contribution in [0.25, 0.3) is 0 Å². The Hall–Kier alpha value is 0. The summed E-state index contributed by atoms with van der Waals surface area (Å²) in [5.74, 6) is 5.55. The molecule has 0 aromatic carbocycles. The first-order valence-corrected chi connectivity index (χ1v) is 7.83. The molecule has 0 saturated heterocycles. The summed E-state index contributed by atoms with van der Waals surface area (Å²) >= 11 is 0. The molecule has 16 heavy (non-hydrogen) atoms. The molecule has 0 radical (unpaired) electrons. The first-order chi connectivity index (χ1) is 7.83. The highest BCUT2D eigenvalue weighted by Gasteiger charge is 2.36. The van der Waals surface area contributed by atoms with Crippen molar-refractivity contribution in [1.82, 2.24) is 0 Å². The van der Waals surface area contributed by atoms with Crippen LogP contribution in [-0.4, -0.2) is 0 Å². The highest BCUT2D eigenvalue weighted by atomic mass is 14.4. The fraction of sp³-hybridized carbons (Fsp3) is 1.00. The van der Waals surface area contributed by atoms with Crippen molar-refractivity contribution in [2.75, 3.05) is 0 Å². The van der Waals surface area contributed by atoms with Crippen molar-refractivity contribution >= 4 is 0 Å².